The second-order valence-corrected chi connectivity index (χ2v) is 8.99. The monoisotopic (exact) mass is 421 g/mol. The van der Waals surface area contributed by atoms with Crippen molar-refractivity contribution in [3.8, 4) is 5.69 Å². The highest BCUT2D eigenvalue weighted by molar-refractivity contribution is 8.00. The number of piperidine rings is 1. The molecule has 3 aromatic rings. The molecule has 30 heavy (non-hydrogen) atoms. The number of carbonyl (C=O) groups is 1. The first-order valence-electron chi connectivity index (χ1n) is 10.7. The lowest BCUT2D eigenvalue weighted by atomic mass is 10.1. The summed E-state index contributed by atoms with van der Waals surface area (Å²) >= 11 is 1.38. The van der Waals surface area contributed by atoms with Crippen LogP contribution in [0.25, 0.3) is 16.6 Å². The molecule has 1 saturated heterocycles. The summed E-state index contributed by atoms with van der Waals surface area (Å²) in [4.78, 5) is 33.3. The fourth-order valence-electron chi connectivity index (χ4n) is 4.01. The van der Waals surface area contributed by atoms with E-state index >= 15 is 0 Å². The summed E-state index contributed by atoms with van der Waals surface area (Å²) in [6.45, 7) is 5.63. The van der Waals surface area contributed by atoms with Gasteiger partial charge < -0.3 is 4.90 Å². The van der Waals surface area contributed by atoms with Gasteiger partial charge in [0.05, 0.1) is 21.8 Å². The minimum absolute atomic E-state index is 0.0957. The zero-order valence-corrected chi connectivity index (χ0v) is 18.3. The van der Waals surface area contributed by atoms with Crippen LogP contribution in [0.15, 0.2) is 58.5 Å². The number of nitrogens with zero attached hydrogens (tertiary/aromatic N) is 3. The third kappa shape index (κ3) is 4.01. The number of amides is 1. The fourth-order valence-corrected chi connectivity index (χ4v) is 5.02. The Morgan fingerprint density at radius 1 is 1.07 bits per heavy atom. The number of benzene rings is 2. The molecule has 1 amide bonds. The number of fused-ring (bicyclic) bond motifs is 1. The van der Waals surface area contributed by atoms with Crippen LogP contribution in [-0.2, 0) is 11.2 Å². The molecule has 1 fully saturated rings. The van der Waals surface area contributed by atoms with Gasteiger partial charge in [0.2, 0.25) is 5.91 Å². The van der Waals surface area contributed by atoms with E-state index in [1.807, 2.05) is 60.4 Å². The van der Waals surface area contributed by atoms with Crippen molar-refractivity contribution in [2.75, 3.05) is 13.1 Å². The maximum absolute atomic E-state index is 13.5. The molecule has 1 aliphatic heterocycles. The molecule has 2 heterocycles. The molecule has 156 valence electrons. The van der Waals surface area contributed by atoms with Crippen LogP contribution in [0.1, 0.15) is 38.7 Å². The maximum atomic E-state index is 13.5. The molecule has 0 spiro atoms. The fraction of sp³-hybridized carbons (Fsp3) is 0.375. The minimum atomic E-state index is -0.309. The Hall–Kier alpha value is -2.60. The lowest BCUT2D eigenvalue weighted by Gasteiger charge is -2.29. The van der Waals surface area contributed by atoms with Gasteiger partial charge in [-0.3, -0.25) is 14.2 Å². The lowest BCUT2D eigenvalue weighted by Crippen LogP contribution is -2.40. The van der Waals surface area contributed by atoms with E-state index in [4.69, 9.17) is 4.98 Å². The Bertz CT molecular complexity index is 1120. The van der Waals surface area contributed by atoms with Crippen molar-refractivity contribution in [1.82, 2.24) is 14.5 Å². The van der Waals surface area contributed by atoms with Gasteiger partial charge >= 0.3 is 0 Å². The summed E-state index contributed by atoms with van der Waals surface area (Å²) in [7, 11) is 0. The Morgan fingerprint density at radius 3 is 2.53 bits per heavy atom. The Morgan fingerprint density at radius 2 is 1.77 bits per heavy atom. The Labute approximate surface area is 181 Å². The summed E-state index contributed by atoms with van der Waals surface area (Å²) in [6, 6.07) is 15.3. The SMILES string of the molecule is CCc1ccccc1-n1c(S[C@@H](C)C(=O)N2CCCCC2)nc2ccccc2c1=O. The van der Waals surface area contributed by atoms with E-state index in [1.165, 1.54) is 18.2 Å². The first-order valence-corrected chi connectivity index (χ1v) is 11.5. The van der Waals surface area contributed by atoms with Crippen LogP contribution >= 0.6 is 11.8 Å². The second-order valence-electron chi connectivity index (χ2n) is 7.68. The molecular weight excluding hydrogens is 394 g/mol. The van der Waals surface area contributed by atoms with Gasteiger partial charge in [-0.2, -0.15) is 0 Å². The molecular formula is C24H27N3O2S. The number of para-hydroxylation sites is 2. The van der Waals surface area contributed by atoms with E-state index in [1.54, 1.807) is 4.57 Å². The number of hydrogen-bond donors (Lipinski definition) is 0. The van der Waals surface area contributed by atoms with Crippen molar-refractivity contribution < 1.29 is 4.79 Å². The maximum Gasteiger partial charge on any atom is 0.266 e. The summed E-state index contributed by atoms with van der Waals surface area (Å²) in [5.41, 5.74) is 2.48. The van der Waals surface area contributed by atoms with Gasteiger partial charge in [-0.25, -0.2) is 4.98 Å². The van der Waals surface area contributed by atoms with Crippen LogP contribution < -0.4 is 5.56 Å². The van der Waals surface area contributed by atoms with Crippen LogP contribution in [0.4, 0.5) is 0 Å². The number of aryl methyl sites for hydroxylation is 1. The van der Waals surface area contributed by atoms with Crippen LogP contribution in [0.2, 0.25) is 0 Å². The van der Waals surface area contributed by atoms with E-state index in [0.717, 1.165) is 43.6 Å². The molecule has 0 bridgehead atoms. The van der Waals surface area contributed by atoms with Crippen molar-refractivity contribution in [3.05, 3.63) is 64.4 Å². The molecule has 1 atom stereocenters. The predicted octanol–water partition coefficient (Wildman–Crippen LogP) is 4.44. The van der Waals surface area contributed by atoms with Gasteiger partial charge in [-0.15, -0.1) is 0 Å². The van der Waals surface area contributed by atoms with Crippen molar-refractivity contribution in [2.24, 2.45) is 0 Å². The van der Waals surface area contributed by atoms with E-state index < -0.39 is 0 Å². The first kappa shape index (κ1) is 20.7. The standard InChI is InChI=1S/C24H27N3O2S/c1-3-18-11-5-8-14-21(18)27-23(29)19-12-6-7-13-20(19)25-24(27)30-17(2)22(28)26-15-9-4-10-16-26/h5-8,11-14,17H,3-4,9-10,15-16H2,1-2H3/t17-/m0/s1. The molecule has 4 rings (SSSR count). The quantitative estimate of drug-likeness (QED) is 0.451. The van der Waals surface area contributed by atoms with Crippen molar-refractivity contribution in [3.63, 3.8) is 0 Å². The molecule has 1 aromatic heterocycles. The van der Waals surface area contributed by atoms with Crippen LogP contribution in [0.5, 0.6) is 0 Å². The number of carbonyl (C=O) groups excluding carboxylic acids is 1. The van der Waals surface area contributed by atoms with Crippen molar-refractivity contribution >= 4 is 28.6 Å². The van der Waals surface area contributed by atoms with Crippen molar-refractivity contribution in [1.29, 1.82) is 0 Å². The third-order valence-electron chi connectivity index (χ3n) is 5.66. The van der Waals surface area contributed by atoms with Crippen molar-refractivity contribution in [2.45, 2.75) is 49.9 Å². The third-order valence-corrected chi connectivity index (χ3v) is 6.70. The number of aromatic nitrogens is 2. The summed E-state index contributed by atoms with van der Waals surface area (Å²) in [5.74, 6) is 0.123. The molecule has 5 nitrogen and oxygen atoms in total. The molecule has 0 radical (unpaired) electrons. The Balaban J connectivity index is 1.80. The highest BCUT2D eigenvalue weighted by atomic mass is 32.2. The number of thioether (sulfide) groups is 1. The molecule has 0 unspecified atom stereocenters. The zero-order valence-electron chi connectivity index (χ0n) is 17.5. The largest absolute Gasteiger partial charge is 0.342 e. The van der Waals surface area contributed by atoms with Gasteiger partial charge in [0, 0.05) is 13.1 Å². The van der Waals surface area contributed by atoms with Crippen LogP contribution in [0.3, 0.4) is 0 Å². The predicted molar refractivity (Wildman–Crippen MR) is 122 cm³/mol. The molecule has 0 N–H and O–H groups in total. The average molecular weight is 422 g/mol. The van der Waals surface area contributed by atoms with Crippen LogP contribution in [-0.4, -0.2) is 38.7 Å². The molecule has 0 saturated carbocycles. The van der Waals surface area contributed by atoms with Gasteiger partial charge in [-0.1, -0.05) is 49.0 Å². The Kier molecular flexibility index (Phi) is 6.23. The summed E-state index contributed by atoms with van der Waals surface area (Å²) < 4.78 is 1.69. The van der Waals surface area contributed by atoms with Gasteiger partial charge in [0.15, 0.2) is 5.16 Å². The average Bonchev–Trinajstić information content (AvgIpc) is 2.79. The van der Waals surface area contributed by atoms with Gasteiger partial charge in [-0.05, 0) is 56.4 Å². The topological polar surface area (TPSA) is 55.2 Å². The highest BCUT2D eigenvalue weighted by Gasteiger charge is 2.25. The summed E-state index contributed by atoms with van der Waals surface area (Å²) in [5, 5.41) is 0.844. The highest BCUT2D eigenvalue weighted by Crippen LogP contribution is 2.28. The smallest absolute Gasteiger partial charge is 0.266 e. The van der Waals surface area contributed by atoms with E-state index in [-0.39, 0.29) is 16.7 Å². The minimum Gasteiger partial charge on any atom is -0.342 e. The molecule has 0 aliphatic carbocycles. The van der Waals surface area contributed by atoms with E-state index in [9.17, 15) is 9.59 Å². The zero-order chi connectivity index (χ0) is 21.1. The van der Waals surface area contributed by atoms with E-state index in [0.29, 0.717) is 16.1 Å². The van der Waals surface area contributed by atoms with E-state index in [2.05, 4.69) is 6.92 Å². The molecule has 1 aliphatic rings. The first-order chi connectivity index (χ1) is 14.6. The number of likely N-dealkylation sites (tertiary alicyclic amines) is 1. The molecule has 6 heteroatoms. The van der Waals surface area contributed by atoms with Gasteiger partial charge in [0.1, 0.15) is 0 Å². The lowest BCUT2D eigenvalue weighted by molar-refractivity contribution is -0.131. The normalized spacial score (nSPS) is 15.3. The number of rotatable bonds is 5. The molecule has 2 aromatic carbocycles. The second kappa shape index (κ2) is 9.04. The summed E-state index contributed by atoms with van der Waals surface area (Å²) in [6.07, 6.45) is 4.12. The number of hydrogen-bond acceptors (Lipinski definition) is 4. The van der Waals surface area contributed by atoms with Gasteiger partial charge in [0.25, 0.3) is 5.56 Å². The van der Waals surface area contributed by atoms with Crippen LogP contribution in [0, 0.1) is 0 Å².